The van der Waals surface area contributed by atoms with Crippen LogP contribution in [0, 0.1) is 13.8 Å². The number of aryl methyl sites for hydroxylation is 2. The standard InChI is InChI=1S/C28H28N6O2/c1-18-4-9-23(20(3)14-18)26(36)22-7-5-21(6-8-22)24-25-27(29)30-10-11-34(25)28(31-24)33-13-12-32(17-33)15-19(2)16-35/h4-11,14,16H,2,12-13,15,17H2,1,3H3,(H2,29,30). The summed E-state index contributed by atoms with van der Waals surface area (Å²) in [5.41, 5.74) is 12.5. The average Bonchev–Trinajstić information content (AvgIpc) is 3.49. The number of imidazole rings is 1. The van der Waals surface area contributed by atoms with Crippen LogP contribution < -0.4 is 10.6 Å². The molecular formula is C28H28N6O2. The molecule has 2 aromatic heterocycles. The summed E-state index contributed by atoms with van der Waals surface area (Å²) in [5.74, 6) is 1.13. The number of rotatable bonds is 7. The van der Waals surface area contributed by atoms with Crippen molar-refractivity contribution in [2.75, 3.05) is 36.9 Å². The molecule has 8 nitrogen and oxygen atoms in total. The lowest BCUT2D eigenvalue weighted by molar-refractivity contribution is -0.105. The van der Waals surface area contributed by atoms with Gasteiger partial charge >= 0.3 is 0 Å². The lowest BCUT2D eigenvalue weighted by Gasteiger charge is -2.18. The number of nitrogen functional groups attached to an aromatic ring is 1. The Morgan fingerprint density at radius 3 is 2.64 bits per heavy atom. The monoisotopic (exact) mass is 480 g/mol. The molecule has 182 valence electrons. The van der Waals surface area contributed by atoms with Crippen LogP contribution in [0.4, 0.5) is 11.8 Å². The molecule has 0 bridgehead atoms. The number of carbonyl (C=O) groups excluding carboxylic acids is 2. The molecule has 0 aliphatic carbocycles. The van der Waals surface area contributed by atoms with Gasteiger partial charge in [0, 0.05) is 48.7 Å². The Hall–Kier alpha value is -4.30. The third kappa shape index (κ3) is 4.27. The minimum Gasteiger partial charge on any atom is -0.382 e. The molecule has 0 radical (unpaired) electrons. The Balaban J connectivity index is 1.48. The quantitative estimate of drug-likeness (QED) is 0.245. The minimum atomic E-state index is -0.00955. The zero-order valence-electron chi connectivity index (χ0n) is 20.4. The van der Waals surface area contributed by atoms with Crippen molar-refractivity contribution in [1.29, 1.82) is 0 Å². The molecule has 4 aromatic rings. The van der Waals surface area contributed by atoms with Crippen molar-refractivity contribution in [3.8, 4) is 11.3 Å². The van der Waals surface area contributed by atoms with E-state index in [2.05, 4.69) is 21.4 Å². The Labute approximate surface area is 209 Å². The number of hydrogen-bond acceptors (Lipinski definition) is 7. The number of aldehydes is 1. The summed E-state index contributed by atoms with van der Waals surface area (Å²) >= 11 is 0. The Bertz CT molecular complexity index is 1490. The first-order valence-electron chi connectivity index (χ1n) is 11.8. The van der Waals surface area contributed by atoms with Gasteiger partial charge in [0.05, 0.1) is 6.67 Å². The first kappa shape index (κ1) is 23.4. The first-order chi connectivity index (χ1) is 17.4. The number of ketones is 1. The van der Waals surface area contributed by atoms with E-state index in [4.69, 9.17) is 10.7 Å². The number of anilines is 2. The molecule has 2 aromatic carbocycles. The van der Waals surface area contributed by atoms with Gasteiger partial charge in [-0.05, 0) is 25.0 Å². The molecule has 0 saturated carbocycles. The van der Waals surface area contributed by atoms with E-state index in [0.717, 1.165) is 47.5 Å². The maximum atomic E-state index is 13.1. The first-order valence-corrected chi connectivity index (χ1v) is 11.8. The second-order valence-electron chi connectivity index (χ2n) is 9.25. The third-order valence-electron chi connectivity index (χ3n) is 6.54. The maximum absolute atomic E-state index is 13.1. The van der Waals surface area contributed by atoms with Crippen molar-refractivity contribution in [2.24, 2.45) is 0 Å². The fourth-order valence-electron chi connectivity index (χ4n) is 4.74. The molecule has 1 saturated heterocycles. The highest BCUT2D eigenvalue weighted by molar-refractivity contribution is 6.10. The molecule has 0 atom stereocenters. The average molecular weight is 481 g/mol. The fourth-order valence-corrected chi connectivity index (χ4v) is 4.74. The number of fused-ring (bicyclic) bond motifs is 1. The van der Waals surface area contributed by atoms with E-state index < -0.39 is 0 Å². The van der Waals surface area contributed by atoms with Crippen molar-refractivity contribution >= 4 is 29.4 Å². The van der Waals surface area contributed by atoms with Crippen LogP contribution in [0.25, 0.3) is 16.8 Å². The van der Waals surface area contributed by atoms with Gasteiger partial charge in [-0.3, -0.25) is 18.9 Å². The van der Waals surface area contributed by atoms with Crippen LogP contribution in [0.3, 0.4) is 0 Å². The van der Waals surface area contributed by atoms with Crippen LogP contribution in [-0.4, -0.2) is 57.6 Å². The predicted octanol–water partition coefficient (Wildman–Crippen LogP) is 3.66. The summed E-state index contributed by atoms with van der Waals surface area (Å²) in [6, 6.07) is 13.3. The molecule has 0 spiro atoms. The van der Waals surface area contributed by atoms with Crippen LogP contribution >= 0.6 is 0 Å². The minimum absolute atomic E-state index is 0.00955. The highest BCUT2D eigenvalue weighted by Crippen LogP contribution is 2.32. The summed E-state index contributed by atoms with van der Waals surface area (Å²) in [6.07, 6.45) is 4.31. The van der Waals surface area contributed by atoms with Gasteiger partial charge in [0.2, 0.25) is 5.95 Å². The van der Waals surface area contributed by atoms with E-state index in [9.17, 15) is 9.59 Å². The van der Waals surface area contributed by atoms with E-state index in [-0.39, 0.29) is 5.78 Å². The van der Waals surface area contributed by atoms with E-state index >= 15 is 0 Å². The molecule has 8 heteroatoms. The van der Waals surface area contributed by atoms with Gasteiger partial charge < -0.3 is 10.6 Å². The third-order valence-corrected chi connectivity index (χ3v) is 6.54. The van der Waals surface area contributed by atoms with Crippen molar-refractivity contribution < 1.29 is 9.59 Å². The van der Waals surface area contributed by atoms with Gasteiger partial charge in [0.1, 0.15) is 23.3 Å². The van der Waals surface area contributed by atoms with Crippen molar-refractivity contribution in [3.63, 3.8) is 0 Å². The van der Waals surface area contributed by atoms with E-state index in [1.807, 2.05) is 66.9 Å². The molecular weight excluding hydrogens is 452 g/mol. The molecule has 1 aliphatic heterocycles. The summed E-state index contributed by atoms with van der Waals surface area (Å²) in [5, 5.41) is 0. The van der Waals surface area contributed by atoms with Gasteiger partial charge in [-0.2, -0.15) is 0 Å². The fraction of sp³-hybridized carbons (Fsp3) is 0.214. The zero-order chi connectivity index (χ0) is 25.4. The highest BCUT2D eigenvalue weighted by atomic mass is 16.1. The van der Waals surface area contributed by atoms with Crippen molar-refractivity contribution in [2.45, 2.75) is 13.8 Å². The Morgan fingerprint density at radius 2 is 1.92 bits per heavy atom. The lowest BCUT2D eigenvalue weighted by Crippen LogP contribution is -2.28. The number of hydrogen-bond donors (Lipinski definition) is 1. The van der Waals surface area contributed by atoms with Gasteiger partial charge in [0.25, 0.3) is 0 Å². The van der Waals surface area contributed by atoms with Crippen LogP contribution in [0.5, 0.6) is 0 Å². The van der Waals surface area contributed by atoms with Crippen LogP contribution in [-0.2, 0) is 4.79 Å². The second-order valence-corrected chi connectivity index (χ2v) is 9.25. The molecule has 0 amide bonds. The van der Waals surface area contributed by atoms with E-state index in [1.54, 1.807) is 6.20 Å². The van der Waals surface area contributed by atoms with Crippen LogP contribution in [0.2, 0.25) is 0 Å². The topological polar surface area (TPSA) is 96.8 Å². The molecule has 1 fully saturated rings. The molecule has 36 heavy (non-hydrogen) atoms. The summed E-state index contributed by atoms with van der Waals surface area (Å²) in [6.45, 7) is 10.5. The van der Waals surface area contributed by atoms with Gasteiger partial charge in [-0.1, -0.05) is 54.6 Å². The summed E-state index contributed by atoms with van der Waals surface area (Å²) < 4.78 is 1.95. The number of nitrogens with two attached hydrogens (primary N) is 1. The van der Waals surface area contributed by atoms with Gasteiger partial charge in [-0.15, -0.1) is 0 Å². The number of aromatic nitrogens is 3. The smallest absolute Gasteiger partial charge is 0.212 e. The second kappa shape index (κ2) is 9.39. The molecule has 1 aliphatic rings. The number of benzene rings is 2. The number of nitrogens with zero attached hydrogens (tertiary/aromatic N) is 5. The maximum Gasteiger partial charge on any atom is 0.212 e. The molecule has 3 heterocycles. The highest BCUT2D eigenvalue weighted by Gasteiger charge is 2.26. The Morgan fingerprint density at radius 1 is 1.14 bits per heavy atom. The molecule has 2 N–H and O–H groups in total. The van der Waals surface area contributed by atoms with Crippen molar-refractivity contribution in [3.05, 3.63) is 89.3 Å². The molecule has 5 rings (SSSR count). The van der Waals surface area contributed by atoms with Gasteiger partial charge in [-0.25, -0.2) is 9.97 Å². The SMILES string of the molecule is C=C(C=O)CN1CCN(c2nc(-c3ccc(C(=O)c4ccc(C)cc4C)cc3)c3c(N)nccn23)C1. The van der Waals surface area contributed by atoms with Crippen LogP contribution in [0.1, 0.15) is 27.0 Å². The molecule has 0 unspecified atom stereocenters. The number of carbonyl (C=O) groups is 2. The lowest BCUT2D eigenvalue weighted by atomic mass is 9.96. The largest absolute Gasteiger partial charge is 0.382 e. The normalized spacial score (nSPS) is 13.9. The van der Waals surface area contributed by atoms with E-state index in [0.29, 0.717) is 41.4 Å². The zero-order valence-corrected chi connectivity index (χ0v) is 20.4. The Kier molecular flexibility index (Phi) is 6.12. The van der Waals surface area contributed by atoms with E-state index in [1.165, 1.54) is 0 Å². The van der Waals surface area contributed by atoms with Gasteiger partial charge in [0.15, 0.2) is 5.78 Å². The summed E-state index contributed by atoms with van der Waals surface area (Å²) in [7, 11) is 0. The summed E-state index contributed by atoms with van der Waals surface area (Å²) in [4.78, 5) is 37.6. The van der Waals surface area contributed by atoms with Crippen molar-refractivity contribution in [1.82, 2.24) is 19.3 Å². The predicted molar refractivity (Wildman–Crippen MR) is 141 cm³/mol. The van der Waals surface area contributed by atoms with Crippen LogP contribution in [0.15, 0.2) is 67.0 Å².